The van der Waals surface area contributed by atoms with Crippen LogP contribution in [0.15, 0.2) is 35.4 Å². The van der Waals surface area contributed by atoms with Crippen molar-refractivity contribution in [2.45, 2.75) is 38.6 Å². The minimum atomic E-state index is -0.663. The Hall–Kier alpha value is -2.75. The molecule has 4 heterocycles. The fraction of sp³-hybridized carbons (Fsp3) is 0.318. The highest BCUT2D eigenvalue weighted by Gasteiger charge is 2.40. The van der Waals surface area contributed by atoms with Gasteiger partial charge in [-0.3, -0.25) is 9.59 Å². The summed E-state index contributed by atoms with van der Waals surface area (Å²) in [6.07, 6.45) is 3.62. The SMILES string of the molecule is C[C@@H]1CCO[C@H]2Cn3cc(-c4ncc(Cc5cccc(Cl)c5F)s4)c(=O)c(O)c3C(=O)N12. The van der Waals surface area contributed by atoms with E-state index in [0.29, 0.717) is 30.1 Å². The normalized spacial score (nSPS) is 20.2. The molecule has 1 amide bonds. The lowest BCUT2D eigenvalue weighted by Gasteiger charge is -2.44. The van der Waals surface area contributed by atoms with Crippen LogP contribution in [-0.4, -0.2) is 44.3 Å². The van der Waals surface area contributed by atoms with Crippen LogP contribution < -0.4 is 5.43 Å². The molecule has 0 unspecified atom stereocenters. The number of fused-ring (bicyclic) bond motifs is 2. The fourth-order valence-corrected chi connectivity index (χ4v) is 5.33. The van der Waals surface area contributed by atoms with Crippen molar-refractivity contribution in [3.63, 3.8) is 0 Å². The first-order valence-electron chi connectivity index (χ1n) is 10.1. The summed E-state index contributed by atoms with van der Waals surface area (Å²) in [5, 5.41) is 11.1. The summed E-state index contributed by atoms with van der Waals surface area (Å²) in [5.41, 5.74) is -0.0975. The summed E-state index contributed by atoms with van der Waals surface area (Å²) in [4.78, 5) is 32.6. The van der Waals surface area contributed by atoms with Crippen LogP contribution in [0.2, 0.25) is 5.02 Å². The topological polar surface area (TPSA) is 84.7 Å². The number of amides is 1. The van der Waals surface area contributed by atoms with E-state index in [1.54, 1.807) is 27.8 Å². The van der Waals surface area contributed by atoms with Crippen molar-refractivity contribution in [3.05, 3.63) is 67.8 Å². The van der Waals surface area contributed by atoms with E-state index in [1.165, 1.54) is 23.6 Å². The van der Waals surface area contributed by atoms with Crippen LogP contribution in [0.25, 0.3) is 10.6 Å². The summed E-state index contributed by atoms with van der Waals surface area (Å²) in [7, 11) is 0. The number of nitrogens with zero attached hydrogens (tertiary/aromatic N) is 3. The number of carbonyl (C=O) groups is 1. The van der Waals surface area contributed by atoms with E-state index in [9.17, 15) is 19.1 Å². The summed E-state index contributed by atoms with van der Waals surface area (Å²) in [6, 6.07) is 4.75. The molecule has 1 fully saturated rings. The van der Waals surface area contributed by atoms with Gasteiger partial charge in [-0.25, -0.2) is 9.37 Å². The molecular weight excluding hydrogens is 457 g/mol. The van der Waals surface area contributed by atoms with E-state index >= 15 is 0 Å². The first-order valence-corrected chi connectivity index (χ1v) is 11.3. The molecule has 10 heteroatoms. The van der Waals surface area contributed by atoms with Crippen LogP contribution in [0.5, 0.6) is 5.75 Å². The Morgan fingerprint density at radius 3 is 3.00 bits per heavy atom. The quantitative estimate of drug-likeness (QED) is 0.625. The van der Waals surface area contributed by atoms with Gasteiger partial charge in [-0.1, -0.05) is 23.7 Å². The van der Waals surface area contributed by atoms with Crippen molar-refractivity contribution in [2.24, 2.45) is 0 Å². The zero-order valence-corrected chi connectivity index (χ0v) is 18.6. The van der Waals surface area contributed by atoms with Gasteiger partial charge in [0.1, 0.15) is 10.8 Å². The number of aromatic hydroxyl groups is 1. The van der Waals surface area contributed by atoms with E-state index in [4.69, 9.17) is 16.3 Å². The van der Waals surface area contributed by atoms with E-state index in [-0.39, 0.29) is 28.7 Å². The summed E-state index contributed by atoms with van der Waals surface area (Å²) in [6.45, 7) is 2.77. The van der Waals surface area contributed by atoms with E-state index in [2.05, 4.69) is 4.98 Å². The number of rotatable bonds is 3. The predicted octanol–water partition coefficient (Wildman–Crippen LogP) is 3.65. The number of benzene rings is 1. The molecule has 0 bridgehead atoms. The van der Waals surface area contributed by atoms with Crippen molar-refractivity contribution in [3.8, 4) is 16.3 Å². The van der Waals surface area contributed by atoms with E-state index in [0.717, 1.165) is 4.88 Å². The Labute approximate surface area is 191 Å². The molecule has 0 saturated carbocycles. The molecule has 0 aliphatic carbocycles. The van der Waals surface area contributed by atoms with Gasteiger partial charge < -0.3 is 19.3 Å². The second-order valence-corrected chi connectivity index (χ2v) is 9.44. The Morgan fingerprint density at radius 1 is 1.38 bits per heavy atom. The average molecular weight is 476 g/mol. The molecule has 2 aromatic heterocycles. The first-order chi connectivity index (χ1) is 15.3. The third-order valence-electron chi connectivity index (χ3n) is 5.86. The standard InChI is InChI=1S/C22H19ClFN3O4S/c1-11-5-6-31-16-10-26-9-14(19(28)20(29)18(26)22(30)27(11)16)21-25-8-13(32-21)7-12-3-2-4-15(23)17(12)24/h2-4,8-9,11,16,29H,5-7,10H2,1H3/t11-,16+/m1/s1. The fourth-order valence-electron chi connectivity index (χ4n) is 4.20. The van der Waals surface area contributed by atoms with Gasteiger partial charge in [-0.15, -0.1) is 11.3 Å². The lowest BCUT2D eigenvalue weighted by molar-refractivity contribution is -0.112. The van der Waals surface area contributed by atoms with Gasteiger partial charge in [0.25, 0.3) is 5.91 Å². The minimum absolute atomic E-state index is 0.0369. The Balaban J connectivity index is 1.51. The maximum Gasteiger partial charge on any atom is 0.276 e. The smallest absolute Gasteiger partial charge is 0.276 e. The van der Waals surface area contributed by atoms with Crippen LogP contribution in [0.3, 0.4) is 0 Å². The molecule has 2 atom stereocenters. The molecule has 1 saturated heterocycles. The number of hydrogen-bond donors (Lipinski definition) is 1. The molecule has 0 radical (unpaired) electrons. The van der Waals surface area contributed by atoms with Gasteiger partial charge in [-0.2, -0.15) is 0 Å². The Morgan fingerprint density at radius 2 is 2.19 bits per heavy atom. The van der Waals surface area contributed by atoms with Crippen molar-refractivity contribution in [1.82, 2.24) is 14.5 Å². The van der Waals surface area contributed by atoms with Crippen LogP contribution in [-0.2, 0) is 17.7 Å². The number of carbonyl (C=O) groups excluding carboxylic acids is 1. The van der Waals surface area contributed by atoms with Crippen LogP contribution in [0.4, 0.5) is 4.39 Å². The van der Waals surface area contributed by atoms with Gasteiger partial charge in [0.2, 0.25) is 5.43 Å². The Bertz CT molecular complexity index is 1290. The summed E-state index contributed by atoms with van der Waals surface area (Å²) >= 11 is 7.08. The molecule has 5 rings (SSSR count). The lowest BCUT2D eigenvalue weighted by atomic mass is 10.1. The van der Waals surface area contributed by atoms with Gasteiger partial charge >= 0.3 is 0 Å². The van der Waals surface area contributed by atoms with Gasteiger partial charge in [0.15, 0.2) is 17.7 Å². The molecule has 1 aromatic carbocycles. The maximum atomic E-state index is 14.2. The monoisotopic (exact) mass is 475 g/mol. The first kappa shape index (κ1) is 21.1. The molecule has 3 aromatic rings. The van der Waals surface area contributed by atoms with Gasteiger partial charge in [0.05, 0.1) is 23.7 Å². The number of pyridine rings is 1. The minimum Gasteiger partial charge on any atom is -0.503 e. The van der Waals surface area contributed by atoms with Crippen molar-refractivity contribution >= 4 is 28.8 Å². The van der Waals surface area contributed by atoms with Crippen molar-refractivity contribution < 1.29 is 19.0 Å². The third kappa shape index (κ3) is 3.41. The number of hydrogen-bond acceptors (Lipinski definition) is 6. The zero-order chi connectivity index (χ0) is 22.6. The highest BCUT2D eigenvalue weighted by Crippen LogP contribution is 2.32. The second-order valence-electron chi connectivity index (χ2n) is 7.92. The molecule has 2 aliphatic heterocycles. The van der Waals surface area contributed by atoms with Gasteiger partial charge in [0, 0.05) is 29.7 Å². The van der Waals surface area contributed by atoms with Crippen molar-refractivity contribution in [1.29, 1.82) is 0 Å². The lowest BCUT2D eigenvalue weighted by Crippen LogP contribution is -2.56. The number of ether oxygens (including phenoxy) is 1. The third-order valence-corrected chi connectivity index (χ3v) is 7.18. The highest BCUT2D eigenvalue weighted by atomic mass is 35.5. The van der Waals surface area contributed by atoms with Crippen molar-refractivity contribution in [2.75, 3.05) is 6.61 Å². The molecule has 2 aliphatic rings. The van der Waals surface area contributed by atoms with E-state index in [1.807, 2.05) is 6.92 Å². The molecule has 1 N–H and O–H groups in total. The highest BCUT2D eigenvalue weighted by molar-refractivity contribution is 7.15. The number of aromatic nitrogens is 2. The van der Waals surface area contributed by atoms with Crippen LogP contribution in [0, 0.1) is 5.82 Å². The van der Waals surface area contributed by atoms with Crippen LogP contribution >= 0.6 is 22.9 Å². The second kappa shape index (κ2) is 7.99. The van der Waals surface area contributed by atoms with Gasteiger partial charge in [-0.05, 0) is 25.0 Å². The zero-order valence-electron chi connectivity index (χ0n) is 17.0. The van der Waals surface area contributed by atoms with Crippen LogP contribution in [0.1, 0.15) is 34.3 Å². The molecular formula is C22H19ClFN3O4S. The maximum absolute atomic E-state index is 14.2. The predicted molar refractivity (Wildman–Crippen MR) is 118 cm³/mol. The summed E-state index contributed by atoms with van der Waals surface area (Å²) in [5.74, 6) is -1.51. The molecule has 166 valence electrons. The number of halogens is 2. The van der Waals surface area contributed by atoms with E-state index < -0.39 is 29.1 Å². The largest absolute Gasteiger partial charge is 0.503 e. The summed E-state index contributed by atoms with van der Waals surface area (Å²) < 4.78 is 21.6. The molecule has 0 spiro atoms. The molecule has 32 heavy (non-hydrogen) atoms. The molecule has 7 nitrogen and oxygen atoms in total. The average Bonchev–Trinajstić information content (AvgIpc) is 3.22. The Kier molecular flexibility index (Phi) is 5.27. The number of thiazole rings is 1.